The van der Waals surface area contributed by atoms with E-state index in [0.29, 0.717) is 37.9 Å². The molecule has 2 aliphatic rings. The summed E-state index contributed by atoms with van der Waals surface area (Å²) in [6.07, 6.45) is 5.18. The van der Waals surface area contributed by atoms with Crippen molar-refractivity contribution in [1.29, 1.82) is 0 Å². The van der Waals surface area contributed by atoms with Crippen molar-refractivity contribution in [2.75, 3.05) is 38.8 Å². The molecule has 11 heteroatoms. The average molecular weight is 679 g/mol. The molecule has 0 bridgehead atoms. The second-order valence-corrected chi connectivity index (χ2v) is 12.3. The lowest BCUT2D eigenvalue weighted by atomic mass is 9.93. The van der Waals surface area contributed by atoms with Crippen molar-refractivity contribution in [1.82, 2.24) is 4.57 Å². The molecular formula is C33H32BrN3O6S. The summed E-state index contributed by atoms with van der Waals surface area (Å²) in [6, 6.07) is 15.9. The van der Waals surface area contributed by atoms with E-state index in [2.05, 4.69) is 20.8 Å². The Bertz CT molecular complexity index is 1900. The van der Waals surface area contributed by atoms with Gasteiger partial charge in [-0.15, -0.1) is 0 Å². The van der Waals surface area contributed by atoms with Crippen LogP contribution in [0.2, 0.25) is 0 Å². The fraction of sp³-hybridized carbons (Fsp3) is 0.303. The van der Waals surface area contributed by atoms with E-state index in [9.17, 15) is 9.59 Å². The molecule has 1 atom stereocenters. The van der Waals surface area contributed by atoms with Crippen LogP contribution in [0.15, 0.2) is 78.8 Å². The number of nitrogens with zero attached hydrogens (tertiary/aromatic N) is 3. The minimum atomic E-state index is -0.838. The molecule has 6 rings (SSSR count). The van der Waals surface area contributed by atoms with Gasteiger partial charge in [-0.2, -0.15) is 0 Å². The summed E-state index contributed by atoms with van der Waals surface area (Å²) in [5.74, 6) is 1.77. The molecule has 4 aromatic rings. The Hall–Kier alpha value is -4.09. The van der Waals surface area contributed by atoms with Crippen molar-refractivity contribution in [3.8, 4) is 11.5 Å². The molecule has 1 fully saturated rings. The molecule has 4 heterocycles. The van der Waals surface area contributed by atoms with Crippen LogP contribution >= 0.6 is 27.3 Å². The number of aromatic nitrogens is 1. The minimum Gasteiger partial charge on any atom is -0.493 e. The first-order valence-electron chi connectivity index (χ1n) is 14.5. The number of carbonyl (C=O) groups excluding carboxylic acids is 1. The summed E-state index contributed by atoms with van der Waals surface area (Å²) in [7, 11) is 3.10. The highest BCUT2D eigenvalue weighted by atomic mass is 79.9. The van der Waals surface area contributed by atoms with E-state index < -0.39 is 12.0 Å². The molecule has 0 saturated carbocycles. The van der Waals surface area contributed by atoms with Gasteiger partial charge in [0.05, 0.1) is 47.1 Å². The monoisotopic (exact) mass is 677 g/mol. The van der Waals surface area contributed by atoms with Crippen LogP contribution in [-0.4, -0.2) is 44.5 Å². The molecule has 2 aliphatic heterocycles. The lowest BCUT2D eigenvalue weighted by molar-refractivity contribution is -0.138. The molecule has 0 unspecified atom stereocenters. The quantitative estimate of drug-likeness (QED) is 0.234. The number of hydrogen-bond acceptors (Lipinski definition) is 9. The minimum absolute atomic E-state index is 0.167. The Balaban J connectivity index is 1.57. The fourth-order valence-electron chi connectivity index (χ4n) is 5.67. The molecule has 1 saturated heterocycles. The maximum atomic E-state index is 14.2. The topological polar surface area (TPSA) is 95.5 Å². The maximum absolute atomic E-state index is 14.2. The predicted molar refractivity (Wildman–Crippen MR) is 173 cm³/mol. The van der Waals surface area contributed by atoms with Crippen LogP contribution in [0.1, 0.15) is 49.1 Å². The van der Waals surface area contributed by atoms with Crippen molar-refractivity contribution in [2.24, 2.45) is 4.99 Å². The molecule has 0 aliphatic carbocycles. The number of esters is 1. The molecular weight excluding hydrogens is 646 g/mol. The SMILES string of the molecule is CCOC(=O)C1=C(c2ccccc2)N=c2s/c(=C/c3cc(Br)c(N4CCCCC4)o3)c(=O)n2[C@@H]1c1ccc(OC)c(OC)c1. The Morgan fingerprint density at radius 3 is 2.52 bits per heavy atom. The van der Waals surface area contributed by atoms with Gasteiger partial charge in [0.2, 0.25) is 5.88 Å². The zero-order chi connectivity index (χ0) is 30.8. The summed E-state index contributed by atoms with van der Waals surface area (Å²) < 4.78 is 25.7. The number of benzene rings is 2. The second-order valence-electron chi connectivity index (χ2n) is 10.4. The largest absolute Gasteiger partial charge is 0.493 e. The molecule has 44 heavy (non-hydrogen) atoms. The van der Waals surface area contributed by atoms with Gasteiger partial charge in [0.25, 0.3) is 5.56 Å². The Morgan fingerprint density at radius 2 is 1.82 bits per heavy atom. The first kappa shape index (κ1) is 30.0. The number of rotatable bonds is 8. The van der Waals surface area contributed by atoms with Gasteiger partial charge in [0.15, 0.2) is 16.3 Å². The second kappa shape index (κ2) is 12.9. The number of carbonyl (C=O) groups is 1. The molecule has 228 valence electrons. The lowest BCUT2D eigenvalue weighted by Crippen LogP contribution is -2.40. The average Bonchev–Trinajstić information content (AvgIpc) is 3.58. The highest BCUT2D eigenvalue weighted by Gasteiger charge is 2.35. The van der Waals surface area contributed by atoms with E-state index >= 15 is 0 Å². The third-order valence-electron chi connectivity index (χ3n) is 7.70. The van der Waals surface area contributed by atoms with E-state index in [-0.39, 0.29) is 17.7 Å². The van der Waals surface area contributed by atoms with Crippen molar-refractivity contribution in [3.63, 3.8) is 0 Å². The van der Waals surface area contributed by atoms with E-state index in [1.54, 1.807) is 43.9 Å². The number of methoxy groups -OCH3 is 2. The van der Waals surface area contributed by atoms with Gasteiger partial charge in [-0.25, -0.2) is 9.79 Å². The van der Waals surface area contributed by atoms with E-state index in [1.807, 2.05) is 42.5 Å². The Labute approximate surface area is 266 Å². The summed E-state index contributed by atoms with van der Waals surface area (Å²) >= 11 is 4.89. The highest BCUT2D eigenvalue weighted by Crippen LogP contribution is 2.38. The van der Waals surface area contributed by atoms with E-state index in [1.165, 1.54) is 17.8 Å². The molecule has 2 aromatic heterocycles. The van der Waals surface area contributed by atoms with Crippen LogP contribution < -0.4 is 29.3 Å². The standard InChI is InChI=1S/C33H32BrN3O6S/c1-4-42-32(39)27-28(20-11-7-5-8-12-20)35-33-37(29(27)21-13-14-24(40-2)25(17-21)41-3)30(38)26(44-33)19-22-18-23(34)31(43-22)36-15-9-6-10-16-36/h5,7-8,11-14,17-19,29H,4,6,9-10,15-16H2,1-3H3/b26-19+/t29-/m1/s1. The van der Waals surface area contributed by atoms with Gasteiger partial charge < -0.3 is 23.5 Å². The van der Waals surface area contributed by atoms with Crippen LogP contribution in [0.25, 0.3) is 11.8 Å². The number of furan rings is 1. The van der Waals surface area contributed by atoms with E-state index in [4.69, 9.17) is 23.6 Å². The molecule has 9 nitrogen and oxygen atoms in total. The van der Waals surface area contributed by atoms with Crippen molar-refractivity contribution in [2.45, 2.75) is 32.2 Å². The third kappa shape index (κ3) is 5.61. The summed E-state index contributed by atoms with van der Waals surface area (Å²) in [5, 5.41) is 0. The Kier molecular flexibility index (Phi) is 8.76. The van der Waals surface area contributed by atoms with Gasteiger partial charge >= 0.3 is 5.97 Å². The normalized spacial score (nSPS) is 16.9. The third-order valence-corrected chi connectivity index (χ3v) is 9.25. The lowest BCUT2D eigenvalue weighted by Gasteiger charge is -2.26. The summed E-state index contributed by atoms with van der Waals surface area (Å²) in [5.41, 5.74) is 1.80. The molecule has 0 spiro atoms. The zero-order valence-electron chi connectivity index (χ0n) is 24.7. The number of hydrogen-bond donors (Lipinski definition) is 0. The van der Waals surface area contributed by atoms with Crippen molar-refractivity contribution < 1.29 is 23.4 Å². The highest BCUT2D eigenvalue weighted by molar-refractivity contribution is 9.10. The predicted octanol–water partition coefficient (Wildman–Crippen LogP) is 5.30. The first-order chi connectivity index (χ1) is 21.4. The van der Waals surface area contributed by atoms with Crippen molar-refractivity contribution >= 4 is 50.9 Å². The van der Waals surface area contributed by atoms with Gasteiger partial charge in [-0.3, -0.25) is 9.36 Å². The molecule has 0 radical (unpaired) electrons. The molecule has 0 N–H and O–H groups in total. The fourth-order valence-corrected chi connectivity index (χ4v) is 7.21. The number of halogens is 1. The number of ether oxygens (including phenoxy) is 3. The maximum Gasteiger partial charge on any atom is 0.338 e. The molecule has 2 aromatic carbocycles. The summed E-state index contributed by atoms with van der Waals surface area (Å²) in [4.78, 5) is 35.5. The van der Waals surface area contributed by atoms with Gasteiger partial charge in [0, 0.05) is 30.8 Å². The summed E-state index contributed by atoms with van der Waals surface area (Å²) in [6.45, 7) is 3.77. The zero-order valence-corrected chi connectivity index (χ0v) is 27.1. The van der Waals surface area contributed by atoms with Gasteiger partial charge in [-0.1, -0.05) is 47.7 Å². The first-order valence-corrected chi connectivity index (χ1v) is 16.1. The van der Waals surface area contributed by atoms with Gasteiger partial charge in [0.1, 0.15) is 5.76 Å². The number of thiazole rings is 1. The molecule has 0 amide bonds. The van der Waals surface area contributed by atoms with Crippen LogP contribution in [0, 0.1) is 0 Å². The van der Waals surface area contributed by atoms with E-state index in [0.717, 1.165) is 41.9 Å². The van der Waals surface area contributed by atoms with Crippen LogP contribution in [0.3, 0.4) is 0 Å². The van der Waals surface area contributed by atoms with Crippen LogP contribution in [0.4, 0.5) is 5.88 Å². The van der Waals surface area contributed by atoms with Crippen LogP contribution in [-0.2, 0) is 9.53 Å². The number of piperidine rings is 1. The number of anilines is 1. The van der Waals surface area contributed by atoms with Crippen LogP contribution in [0.5, 0.6) is 11.5 Å². The smallest absolute Gasteiger partial charge is 0.338 e. The number of fused-ring (bicyclic) bond motifs is 1. The van der Waals surface area contributed by atoms with Gasteiger partial charge in [-0.05, 0) is 59.8 Å². The van der Waals surface area contributed by atoms with Crippen molar-refractivity contribution in [3.05, 3.63) is 101 Å². The Morgan fingerprint density at radius 1 is 1.07 bits per heavy atom.